The maximum Gasteiger partial charge on any atom is 0.113 e. The zero-order valence-electron chi connectivity index (χ0n) is 12.7. The Balaban J connectivity index is 0.00000110. The molecule has 118 valence electrons. The lowest BCUT2D eigenvalue weighted by Gasteiger charge is -2.23. The van der Waals surface area contributed by atoms with E-state index in [-0.39, 0.29) is 24.8 Å². The van der Waals surface area contributed by atoms with Crippen LogP contribution in [0.25, 0.3) is 11.0 Å². The molecule has 3 rings (SSSR count). The Hall–Kier alpha value is -0.770. The van der Waals surface area contributed by atoms with Crippen molar-refractivity contribution in [2.75, 3.05) is 13.1 Å². The van der Waals surface area contributed by atoms with Crippen molar-refractivity contribution in [3.8, 4) is 0 Å². The normalized spacial score (nSPS) is 15.8. The SMILES string of the molecule is CC(C)Cn1c(C2CCNCC2)nc2ccccc21.Cl.Cl. The molecule has 0 amide bonds. The summed E-state index contributed by atoms with van der Waals surface area (Å²) in [6.45, 7) is 7.87. The second kappa shape index (κ2) is 8.02. The number of hydrogen-bond donors (Lipinski definition) is 1. The van der Waals surface area contributed by atoms with E-state index in [0.717, 1.165) is 25.2 Å². The number of para-hydroxylation sites is 2. The molecule has 1 aliphatic heterocycles. The Morgan fingerprint density at radius 1 is 1.19 bits per heavy atom. The van der Waals surface area contributed by atoms with Crippen LogP contribution in [-0.4, -0.2) is 22.6 Å². The van der Waals surface area contributed by atoms with Crippen molar-refractivity contribution in [3.05, 3.63) is 30.1 Å². The van der Waals surface area contributed by atoms with E-state index in [1.807, 2.05) is 0 Å². The predicted molar refractivity (Wildman–Crippen MR) is 93.9 cm³/mol. The lowest BCUT2D eigenvalue weighted by atomic mass is 9.97. The minimum atomic E-state index is 0. The highest BCUT2D eigenvalue weighted by molar-refractivity contribution is 5.85. The molecule has 2 aromatic rings. The van der Waals surface area contributed by atoms with Crippen molar-refractivity contribution in [2.45, 2.75) is 39.2 Å². The van der Waals surface area contributed by atoms with E-state index < -0.39 is 0 Å². The fourth-order valence-corrected chi connectivity index (χ4v) is 3.04. The van der Waals surface area contributed by atoms with Crippen molar-refractivity contribution < 1.29 is 0 Å². The summed E-state index contributed by atoms with van der Waals surface area (Å²) in [5.41, 5.74) is 2.45. The number of nitrogens with one attached hydrogen (secondary N) is 1. The molecule has 0 radical (unpaired) electrons. The molecule has 0 atom stereocenters. The molecule has 5 heteroatoms. The Kier molecular flexibility index (Phi) is 6.98. The Morgan fingerprint density at radius 2 is 1.86 bits per heavy atom. The quantitative estimate of drug-likeness (QED) is 0.922. The first kappa shape index (κ1) is 18.3. The van der Waals surface area contributed by atoms with Gasteiger partial charge in [0.2, 0.25) is 0 Å². The number of benzene rings is 1. The maximum atomic E-state index is 4.92. The average molecular weight is 330 g/mol. The van der Waals surface area contributed by atoms with Crippen LogP contribution in [0.1, 0.15) is 38.4 Å². The molecule has 2 heterocycles. The fourth-order valence-electron chi connectivity index (χ4n) is 3.04. The van der Waals surface area contributed by atoms with Crippen LogP contribution in [-0.2, 0) is 6.54 Å². The zero-order chi connectivity index (χ0) is 13.2. The van der Waals surface area contributed by atoms with E-state index in [2.05, 4.69) is 48.0 Å². The number of nitrogens with zero attached hydrogens (tertiary/aromatic N) is 2. The van der Waals surface area contributed by atoms with Gasteiger partial charge in [-0.3, -0.25) is 0 Å². The molecular weight excluding hydrogens is 305 g/mol. The first-order valence-corrected chi connectivity index (χ1v) is 7.41. The molecule has 3 nitrogen and oxygen atoms in total. The summed E-state index contributed by atoms with van der Waals surface area (Å²) in [5.74, 6) is 2.57. The molecule has 1 aliphatic rings. The summed E-state index contributed by atoms with van der Waals surface area (Å²) in [6.07, 6.45) is 2.42. The standard InChI is InChI=1S/C16H23N3.2ClH/c1-12(2)11-19-15-6-4-3-5-14(15)18-16(19)13-7-9-17-10-8-13;;/h3-6,12-13,17H,7-11H2,1-2H3;2*1H. The second-order valence-corrected chi connectivity index (χ2v) is 5.99. The van der Waals surface area contributed by atoms with Crippen molar-refractivity contribution in [3.63, 3.8) is 0 Å². The number of rotatable bonds is 3. The lowest BCUT2D eigenvalue weighted by Crippen LogP contribution is -2.28. The van der Waals surface area contributed by atoms with Gasteiger partial charge in [-0.15, -0.1) is 24.8 Å². The van der Waals surface area contributed by atoms with E-state index in [9.17, 15) is 0 Å². The number of hydrogen-bond acceptors (Lipinski definition) is 2. The van der Waals surface area contributed by atoms with Crippen LogP contribution in [0.2, 0.25) is 0 Å². The maximum absolute atomic E-state index is 4.92. The van der Waals surface area contributed by atoms with Crippen LogP contribution in [0.5, 0.6) is 0 Å². The fraction of sp³-hybridized carbons (Fsp3) is 0.562. The largest absolute Gasteiger partial charge is 0.327 e. The van der Waals surface area contributed by atoms with E-state index >= 15 is 0 Å². The number of fused-ring (bicyclic) bond motifs is 1. The van der Waals surface area contributed by atoms with Gasteiger partial charge in [0.1, 0.15) is 5.82 Å². The summed E-state index contributed by atoms with van der Waals surface area (Å²) in [7, 11) is 0. The average Bonchev–Trinajstić information content (AvgIpc) is 2.78. The molecule has 0 aliphatic carbocycles. The molecule has 1 N–H and O–H groups in total. The van der Waals surface area contributed by atoms with Crippen LogP contribution < -0.4 is 5.32 Å². The van der Waals surface area contributed by atoms with Crippen LogP contribution in [0, 0.1) is 5.92 Å². The van der Waals surface area contributed by atoms with Crippen LogP contribution in [0.15, 0.2) is 24.3 Å². The predicted octanol–water partition coefficient (Wildman–Crippen LogP) is 4.00. The van der Waals surface area contributed by atoms with E-state index in [4.69, 9.17) is 4.98 Å². The number of piperidine rings is 1. The van der Waals surface area contributed by atoms with Gasteiger partial charge in [0, 0.05) is 12.5 Å². The highest BCUT2D eigenvalue weighted by atomic mass is 35.5. The molecule has 1 saturated heterocycles. The summed E-state index contributed by atoms with van der Waals surface area (Å²) in [6, 6.07) is 8.54. The van der Waals surface area contributed by atoms with Gasteiger partial charge >= 0.3 is 0 Å². The zero-order valence-corrected chi connectivity index (χ0v) is 14.3. The lowest BCUT2D eigenvalue weighted by molar-refractivity contribution is 0.419. The number of imidazole rings is 1. The smallest absolute Gasteiger partial charge is 0.113 e. The summed E-state index contributed by atoms with van der Waals surface area (Å²) < 4.78 is 2.45. The molecule has 0 spiro atoms. The van der Waals surface area contributed by atoms with Gasteiger partial charge in [-0.1, -0.05) is 26.0 Å². The van der Waals surface area contributed by atoms with E-state index in [1.165, 1.54) is 24.2 Å². The minimum absolute atomic E-state index is 0. The van der Waals surface area contributed by atoms with Gasteiger partial charge in [0.15, 0.2) is 0 Å². The summed E-state index contributed by atoms with van der Waals surface area (Å²) in [5, 5.41) is 3.44. The highest BCUT2D eigenvalue weighted by Gasteiger charge is 2.22. The molecule has 0 bridgehead atoms. The van der Waals surface area contributed by atoms with Crippen molar-refractivity contribution in [1.29, 1.82) is 0 Å². The van der Waals surface area contributed by atoms with Gasteiger partial charge in [0.25, 0.3) is 0 Å². The molecule has 1 fully saturated rings. The third kappa shape index (κ3) is 3.91. The topological polar surface area (TPSA) is 29.9 Å². The van der Waals surface area contributed by atoms with Crippen LogP contribution in [0.4, 0.5) is 0 Å². The molecule has 1 aromatic heterocycles. The van der Waals surface area contributed by atoms with Gasteiger partial charge < -0.3 is 9.88 Å². The number of halogens is 2. The first-order chi connectivity index (χ1) is 9.25. The Morgan fingerprint density at radius 3 is 2.52 bits per heavy atom. The molecule has 21 heavy (non-hydrogen) atoms. The van der Waals surface area contributed by atoms with Crippen LogP contribution in [0.3, 0.4) is 0 Å². The van der Waals surface area contributed by atoms with Crippen molar-refractivity contribution in [2.24, 2.45) is 5.92 Å². The Bertz CT molecular complexity index is 560. The minimum Gasteiger partial charge on any atom is -0.327 e. The third-order valence-electron chi connectivity index (χ3n) is 3.94. The third-order valence-corrected chi connectivity index (χ3v) is 3.94. The molecule has 1 aromatic carbocycles. The first-order valence-electron chi connectivity index (χ1n) is 7.41. The molecule has 0 saturated carbocycles. The van der Waals surface area contributed by atoms with Crippen LogP contribution >= 0.6 is 24.8 Å². The van der Waals surface area contributed by atoms with Gasteiger partial charge in [0.05, 0.1) is 11.0 Å². The van der Waals surface area contributed by atoms with Crippen molar-refractivity contribution >= 4 is 35.8 Å². The van der Waals surface area contributed by atoms with Crippen molar-refractivity contribution in [1.82, 2.24) is 14.9 Å². The molecule has 0 unspecified atom stereocenters. The monoisotopic (exact) mass is 329 g/mol. The van der Waals surface area contributed by atoms with Gasteiger partial charge in [-0.05, 0) is 44.0 Å². The highest BCUT2D eigenvalue weighted by Crippen LogP contribution is 2.28. The van der Waals surface area contributed by atoms with Gasteiger partial charge in [-0.2, -0.15) is 0 Å². The summed E-state index contributed by atoms with van der Waals surface area (Å²) in [4.78, 5) is 4.92. The van der Waals surface area contributed by atoms with Gasteiger partial charge in [-0.25, -0.2) is 4.98 Å². The Labute approximate surface area is 139 Å². The van der Waals surface area contributed by atoms with E-state index in [0.29, 0.717) is 11.8 Å². The second-order valence-electron chi connectivity index (χ2n) is 5.99. The summed E-state index contributed by atoms with van der Waals surface area (Å²) >= 11 is 0. The van der Waals surface area contributed by atoms with E-state index in [1.54, 1.807) is 0 Å². The molecular formula is C16H25Cl2N3. The number of aromatic nitrogens is 2.